The van der Waals surface area contributed by atoms with Gasteiger partial charge in [0.15, 0.2) is 6.61 Å². The molecule has 0 aliphatic rings. The first kappa shape index (κ1) is 22.2. The fraction of sp³-hybridized carbons (Fsp3) is 0.227. The van der Waals surface area contributed by atoms with Gasteiger partial charge in [-0.2, -0.15) is 0 Å². The van der Waals surface area contributed by atoms with Gasteiger partial charge >= 0.3 is 5.97 Å². The number of carbonyl (C=O) groups excluding carboxylic acids is 3. The highest BCUT2D eigenvalue weighted by atomic mass is 32.2. The summed E-state index contributed by atoms with van der Waals surface area (Å²) in [4.78, 5) is 36.7. The maximum absolute atomic E-state index is 12.0. The Kier molecular flexibility index (Phi) is 8.48. The zero-order valence-corrected chi connectivity index (χ0v) is 17.5. The summed E-state index contributed by atoms with van der Waals surface area (Å²) < 4.78 is 4.89. The van der Waals surface area contributed by atoms with Crippen molar-refractivity contribution in [2.24, 2.45) is 0 Å². The predicted octanol–water partition coefficient (Wildman–Crippen LogP) is 3.34. The van der Waals surface area contributed by atoms with Gasteiger partial charge in [-0.1, -0.05) is 30.3 Å². The second-order valence-electron chi connectivity index (χ2n) is 6.31. The molecule has 6 nitrogen and oxygen atoms in total. The third-order valence-corrected chi connectivity index (χ3v) is 4.81. The topological polar surface area (TPSA) is 84.5 Å². The number of nitrogens with one attached hydrogen (secondary N) is 2. The van der Waals surface area contributed by atoms with Gasteiger partial charge in [0.05, 0.1) is 6.54 Å². The minimum Gasteiger partial charge on any atom is -0.452 e. The van der Waals surface area contributed by atoms with Crippen molar-refractivity contribution in [1.82, 2.24) is 5.32 Å². The third-order valence-electron chi connectivity index (χ3n) is 4.06. The van der Waals surface area contributed by atoms with Crippen molar-refractivity contribution < 1.29 is 19.1 Å². The fourth-order valence-electron chi connectivity index (χ4n) is 2.49. The lowest BCUT2D eigenvalue weighted by Crippen LogP contribution is -2.35. The van der Waals surface area contributed by atoms with Crippen LogP contribution < -0.4 is 10.6 Å². The molecule has 0 radical (unpaired) electrons. The molecule has 0 atom stereocenters. The van der Waals surface area contributed by atoms with Gasteiger partial charge in [0.2, 0.25) is 5.91 Å². The van der Waals surface area contributed by atoms with E-state index in [1.165, 1.54) is 6.08 Å². The number of carbonyl (C=O) groups is 3. The molecule has 29 heavy (non-hydrogen) atoms. The van der Waals surface area contributed by atoms with E-state index in [2.05, 4.69) is 10.6 Å². The molecule has 0 unspecified atom stereocenters. The van der Waals surface area contributed by atoms with Gasteiger partial charge in [0, 0.05) is 16.7 Å². The first-order chi connectivity index (χ1) is 13.9. The van der Waals surface area contributed by atoms with Gasteiger partial charge in [-0.15, -0.1) is 11.8 Å². The van der Waals surface area contributed by atoms with Gasteiger partial charge < -0.3 is 15.4 Å². The standard InChI is InChI=1S/C22H24N2O4S/c1-15-5-4-6-16(2)22(15)24-19(25)13-23-20(26)14-28-21(27)12-9-17-7-10-18(29-3)11-8-17/h4-12H,13-14H2,1-3H3,(H,23,26)(H,24,25)/b12-9+. The van der Waals surface area contributed by atoms with E-state index < -0.39 is 18.5 Å². The lowest BCUT2D eigenvalue weighted by atomic mass is 10.1. The number of anilines is 1. The molecular formula is C22H24N2O4S. The highest BCUT2D eigenvalue weighted by Gasteiger charge is 2.10. The number of rotatable bonds is 8. The van der Waals surface area contributed by atoms with E-state index in [1.807, 2.05) is 62.6 Å². The number of esters is 1. The highest BCUT2D eigenvalue weighted by molar-refractivity contribution is 7.98. The Morgan fingerprint density at radius 2 is 1.66 bits per heavy atom. The maximum atomic E-state index is 12.0. The van der Waals surface area contributed by atoms with Crippen LogP contribution in [0.2, 0.25) is 0 Å². The Morgan fingerprint density at radius 1 is 1.00 bits per heavy atom. The molecule has 0 spiro atoms. The quantitative estimate of drug-likeness (QED) is 0.395. The molecule has 2 rings (SSSR count). The van der Waals surface area contributed by atoms with Crippen LogP contribution in [0, 0.1) is 13.8 Å². The van der Waals surface area contributed by atoms with Gasteiger partial charge in [0.1, 0.15) is 0 Å². The van der Waals surface area contributed by atoms with E-state index in [1.54, 1.807) is 17.8 Å². The first-order valence-corrected chi connectivity index (χ1v) is 10.2. The smallest absolute Gasteiger partial charge is 0.331 e. The number of ether oxygens (including phenoxy) is 1. The summed E-state index contributed by atoms with van der Waals surface area (Å²) in [5.41, 5.74) is 3.46. The molecule has 0 saturated heterocycles. The zero-order chi connectivity index (χ0) is 21.2. The van der Waals surface area contributed by atoms with Crippen molar-refractivity contribution in [3.8, 4) is 0 Å². The van der Waals surface area contributed by atoms with Gasteiger partial charge in [-0.05, 0) is 55.0 Å². The van der Waals surface area contributed by atoms with E-state index in [-0.39, 0.29) is 12.5 Å². The lowest BCUT2D eigenvalue weighted by molar-refractivity contribution is -0.143. The number of hydrogen-bond donors (Lipinski definition) is 2. The molecule has 0 aliphatic carbocycles. The van der Waals surface area contributed by atoms with Crippen LogP contribution in [0.5, 0.6) is 0 Å². The Balaban J connectivity index is 1.72. The zero-order valence-electron chi connectivity index (χ0n) is 16.7. The molecule has 2 amide bonds. The van der Waals surface area contributed by atoms with E-state index in [4.69, 9.17) is 4.74 Å². The first-order valence-electron chi connectivity index (χ1n) is 9.00. The van der Waals surface area contributed by atoms with Crippen molar-refractivity contribution >= 4 is 41.3 Å². The van der Waals surface area contributed by atoms with Crippen LogP contribution in [-0.2, 0) is 19.1 Å². The summed E-state index contributed by atoms with van der Waals surface area (Å²) in [7, 11) is 0. The van der Waals surface area contributed by atoms with E-state index in [9.17, 15) is 14.4 Å². The van der Waals surface area contributed by atoms with Crippen molar-refractivity contribution in [1.29, 1.82) is 0 Å². The molecule has 0 bridgehead atoms. The molecule has 152 valence electrons. The molecule has 0 aliphatic heterocycles. The van der Waals surface area contributed by atoms with Crippen molar-refractivity contribution in [3.05, 3.63) is 65.2 Å². The highest BCUT2D eigenvalue weighted by Crippen LogP contribution is 2.19. The van der Waals surface area contributed by atoms with Crippen molar-refractivity contribution in [2.75, 3.05) is 24.7 Å². The van der Waals surface area contributed by atoms with E-state index in [0.717, 1.165) is 27.3 Å². The predicted molar refractivity (Wildman–Crippen MR) is 116 cm³/mol. The molecule has 7 heteroatoms. The number of hydrogen-bond acceptors (Lipinski definition) is 5. The fourth-order valence-corrected chi connectivity index (χ4v) is 2.90. The Labute approximate surface area is 174 Å². The number of aryl methyl sites for hydroxylation is 2. The molecule has 2 aromatic rings. The van der Waals surface area contributed by atoms with E-state index >= 15 is 0 Å². The molecule has 0 fully saturated rings. The molecule has 2 N–H and O–H groups in total. The summed E-state index contributed by atoms with van der Waals surface area (Å²) in [6.45, 7) is 3.13. The minimum atomic E-state index is -0.630. The van der Waals surface area contributed by atoms with Crippen LogP contribution in [0.15, 0.2) is 53.4 Å². The van der Waals surface area contributed by atoms with Crippen LogP contribution in [0.3, 0.4) is 0 Å². The molecule has 0 heterocycles. The average Bonchev–Trinajstić information content (AvgIpc) is 2.72. The third kappa shape index (κ3) is 7.46. The van der Waals surface area contributed by atoms with Gasteiger partial charge in [0.25, 0.3) is 5.91 Å². The number of para-hydroxylation sites is 1. The summed E-state index contributed by atoms with van der Waals surface area (Å²) in [5.74, 6) is -1.53. The SMILES string of the molecule is CSc1ccc(/C=C/C(=O)OCC(=O)NCC(=O)Nc2c(C)cccc2C)cc1. The van der Waals surface area contributed by atoms with Crippen LogP contribution in [0.1, 0.15) is 16.7 Å². The molecule has 2 aromatic carbocycles. The summed E-state index contributed by atoms with van der Waals surface area (Å²) in [6.07, 6.45) is 4.86. The second-order valence-corrected chi connectivity index (χ2v) is 7.19. The van der Waals surface area contributed by atoms with Crippen LogP contribution in [-0.4, -0.2) is 37.2 Å². The Bertz CT molecular complexity index is 887. The number of benzene rings is 2. The Morgan fingerprint density at radius 3 is 2.28 bits per heavy atom. The normalized spacial score (nSPS) is 10.6. The monoisotopic (exact) mass is 412 g/mol. The largest absolute Gasteiger partial charge is 0.452 e. The summed E-state index contributed by atoms with van der Waals surface area (Å²) >= 11 is 1.63. The average molecular weight is 413 g/mol. The van der Waals surface area contributed by atoms with Crippen molar-refractivity contribution in [3.63, 3.8) is 0 Å². The number of thioether (sulfide) groups is 1. The Hall–Kier alpha value is -3.06. The van der Waals surface area contributed by atoms with Crippen LogP contribution in [0.4, 0.5) is 5.69 Å². The van der Waals surface area contributed by atoms with Crippen LogP contribution >= 0.6 is 11.8 Å². The molecule has 0 aromatic heterocycles. The number of amides is 2. The molecular weight excluding hydrogens is 388 g/mol. The summed E-state index contributed by atoms with van der Waals surface area (Å²) in [6, 6.07) is 13.4. The van der Waals surface area contributed by atoms with Crippen molar-refractivity contribution in [2.45, 2.75) is 18.7 Å². The second kappa shape index (κ2) is 11.1. The van der Waals surface area contributed by atoms with Crippen LogP contribution in [0.25, 0.3) is 6.08 Å². The maximum Gasteiger partial charge on any atom is 0.331 e. The van der Waals surface area contributed by atoms with Gasteiger partial charge in [-0.3, -0.25) is 9.59 Å². The lowest BCUT2D eigenvalue weighted by Gasteiger charge is -2.11. The molecule has 0 saturated carbocycles. The van der Waals surface area contributed by atoms with Gasteiger partial charge in [-0.25, -0.2) is 4.79 Å². The summed E-state index contributed by atoms with van der Waals surface area (Å²) in [5, 5.41) is 5.20. The van der Waals surface area contributed by atoms with E-state index in [0.29, 0.717) is 0 Å². The minimum absolute atomic E-state index is 0.207.